The number of rotatable bonds is 7. The lowest BCUT2D eigenvalue weighted by molar-refractivity contribution is -0.119. The Morgan fingerprint density at radius 3 is 2.19 bits per heavy atom. The van der Waals surface area contributed by atoms with Crippen molar-refractivity contribution >= 4 is 23.2 Å². The Morgan fingerprint density at radius 2 is 1.52 bits per heavy atom. The first-order chi connectivity index (χ1) is 13.1. The molecule has 0 aliphatic carbocycles. The van der Waals surface area contributed by atoms with Crippen LogP contribution in [0.4, 0.5) is 11.4 Å². The van der Waals surface area contributed by atoms with Crippen LogP contribution >= 0.6 is 0 Å². The molecule has 0 saturated heterocycles. The van der Waals surface area contributed by atoms with E-state index in [1.165, 1.54) is 0 Å². The maximum atomic E-state index is 12.3. The number of nitrogens with zero attached hydrogens (tertiary/aromatic N) is 1. The summed E-state index contributed by atoms with van der Waals surface area (Å²) in [7, 11) is 0. The molecule has 142 valence electrons. The van der Waals surface area contributed by atoms with Crippen molar-refractivity contribution in [2.24, 2.45) is 0 Å². The van der Waals surface area contributed by atoms with Gasteiger partial charge >= 0.3 is 0 Å². The number of ether oxygens (including phenoxy) is 2. The fraction of sp³-hybridized carbons (Fsp3) is 0.300. The number of carbonyl (C=O) groups is 2. The highest BCUT2D eigenvalue weighted by molar-refractivity contribution is 5.94. The predicted octanol–water partition coefficient (Wildman–Crippen LogP) is 2.36. The molecule has 1 aliphatic rings. The molecule has 27 heavy (non-hydrogen) atoms. The highest BCUT2D eigenvalue weighted by atomic mass is 16.6. The van der Waals surface area contributed by atoms with E-state index in [1.807, 2.05) is 37.3 Å². The van der Waals surface area contributed by atoms with E-state index in [0.29, 0.717) is 36.9 Å². The molecule has 3 rings (SSSR count). The number of nitrogens with one attached hydrogen (secondary N) is 2. The topological polar surface area (TPSA) is 79.9 Å². The fourth-order valence-electron chi connectivity index (χ4n) is 2.73. The van der Waals surface area contributed by atoms with Gasteiger partial charge in [-0.05, 0) is 30.8 Å². The second kappa shape index (κ2) is 9.05. The molecule has 2 N–H and O–H groups in total. The summed E-state index contributed by atoms with van der Waals surface area (Å²) in [6, 6.07) is 14.5. The zero-order valence-electron chi connectivity index (χ0n) is 15.2. The molecule has 0 atom stereocenters. The quantitative estimate of drug-likeness (QED) is 0.783. The van der Waals surface area contributed by atoms with Crippen LogP contribution in [0.15, 0.2) is 48.5 Å². The highest BCUT2D eigenvalue weighted by Crippen LogP contribution is 2.32. The summed E-state index contributed by atoms with van der Waals surface area (Å²) in [6.07, 6.45) is 0. The molecule has 2 amide bonds. The molecule has 7 heteroatoms. The van der Waals surface area contributed by atoms with Crippen LogP contribution in [-0.2, 0) is 9.59 Å². The van der Waals surface area contributed by atoms with Crippen LogP contribution in [0.3, 0.4) is 0 Å². The normalized spacial score (nSPS) is 12.5. The average Bonchev–Trinajstić information content (AvgIpc) is 2.68. The van der Waals surface area contributed by atoms with Crippen LogP contribution in [0, 0.1) is 0 Å². The zero-order valence-corrected chi connectivity index (χ0v) is 15.2. The van der Waals surface area contributed by atoms with E-state index in [0.717, 1.165) is 5.69 Å². The minimum absolute atomic E-state index is 0.118. The molecule has 2 aromatic rings. The van der Waals surface area contributed by atoms with E-state index in [-0.39, 0.29) is 24.9 Å². The van der Waals surface area contributed by atoms with Crippen LogP contribution in [0.5, 0.6) is 11.5 Å². The fourth-order valence-corrected chi connectivity index (χ4v) is 2.73. The Labute approximate surface area is 158 Å². The number of fused-ring (bicyclic) bond motifs is 1. The van der Waals surface area contributed by atoms with E-state index in [4.69, 9.17) is 9.47 Å². The van der Waals surface area contributed by atoms with E-state index >= 15 is 0 Å². The summed E-state index contributed by atoms with van der Waals surface area (Å²) >= 11 is 0. The standard InChI is InChI=1S/C20H23N3O4/c1-2-23(13-19(24)21-15-6-4-3-5-7-15)14-20(25)22-16-8-9-17-18(12-16)27-11-10-26-17/h3-9,12H,2,10-11,13-14H2,1H3,(H,21,24)(H,22,25). The second-order valence-electron chi connectivity index (χ2n) is 6.12. The molecule has 0 unspecified atom stereocenters. The third-order valence-electron chi connectivity index (χ3n) is 4.07. The molecule has 0 bridgehead atoms. The van der Waals surface area contributed by atoms with Gasteiger partial charge in [0.2, 0.25) is 11.8 Å². The van der Waals surface area contributed by atoms with Crippen molar-refractivity contribution in [3.8, 4) is 11.5 Å². The van der Waals surface area contributed by atoms with E-state index in [1.54, 1.807) is 23.1 Å². The van der Waals surface area contributed by atoms with Crippen LogP contribution in [0.25, 0.3) is 0 Å². The summed E-state index contributed by atoms with van der Waals surface area (Å²) in [5.41, 5.74) is 1.37. The van der Waals surface area contributed by atoms with Crippen molar-refractivity contribution in [2.75, 3.05) is 43.5 Å². The first-order valence-corrected chi connectivity index (χ1v) is 8.91. The molecular formula is C20H23N3O4. The number of amides is 2. The van der Waals surface area contributed by atoms with Gasteiger partial charge in [-0.15, -0.1) is 0 Å². The average molecular weight is 369 g/mol. The first-order valence-electron chi connectivity index (χ1n) is 8.91. The van der Waals surface area contributed by atoms with Gasteiger partial charge in [0.25, 0.3) is 0 Å². The number of benzene rings is 2. The van der Waals surface area contributed by atoms with E-state index in [2.05, 4.69) is 10.6 Å². The molecule has 2 aromatic carbocycles. The Hall–Kier alpha value is -3.06. The molecule has 0 radical (unpaired) electrons. The van der Waals surface area contributed by atoms with Crippen molar-refractivity contribution in [3.05, 3.63) is 48.5 Å². The van der Waals surface area contributed by atoms with Gasteiger partial charge < -0.3 is 20.1 Å². The van der Waals surface area contributed by atoms with Crippen LogP contribution in [0.1, 0.15) is 6.92 Å². The number of carbonyl (C=O) groups excluding carboxylic acids is 2. The van der Waals surface area contributed by atoms with Gasteiger partial charge in [0.1, 0.15) is 13.2 Å². The maximum Gasteiger partial charge on any atom is 0.238 e. The lowest BCUT2D eigenvalue weighted by atomic mass is 10.2. The van der Waals surface area contributed by atoms with Gasteiger partial charge in [-0.2, -0.15) is 0 Å². The Balaban J connectivity index is 1.51. The smallest absolute Gasteiger partial charge is 0.238 e. The van der Waals surface area contributed by atoms with Crippen LogP contribution in [-0.4, -0.2) is 49.6 Å². The largest absolute Gasteiger partial charge is 0.486 e. The minimum atomic E-state index is -0.193. The molecule has 0 aromatic heterocycles. The predicted molar refractivity (Wildman–Crippen MR) is 103 cm³/mol. The molecule has 1 heterocycles. The third-order valence-corrected chi connectivity index (χ3v) is 4.07. The molecular weight excluding hydrogens is 346 g/mol. The third kappa shape index (κ3) is 5.46. The summed E-state index contributed by atoms with van der Waals surface area (Å²) in [4.78, 5) is 26.3. The molecule has 1 aliphatic heterocycles. The number of para-hydroxylation sites is 1. The molecule has 0 fully saturated rings. The SMILES string of the molecule is CCN(CC(=O)Nc1ccccc1)CC(=O)Nc1ccc2c(c1)OCCO2. The van der Waals surface area contributed by atoms with Gasteiger partial charge in [0.15, 0.2) is 11.5 Å². The maximum absolute atomic E-state index is 12.3. The van der Waals surface area contributed by atoms with Crippen molar-refractivity contribution in [3.63, 3.8) is 0 Å². The van der Waals surface area contributed by atoms with E-state index in [9.17, 15) is 9.59 Å². The molecule has 0 spiro atoms. The van der Waals surface area contributed by atoms with Gasteiger partial charge in [-0.1, -0.05) is 25.1 Å². The monoisotopic (exact) mass is 369 g/mol. The molecule has 7 nitrogen and oxygen atoms in total. The van der Waals surface area contributed by atoms with Gasteiger partial charge in [-0.3, -0.25) is 14.5 Å². The van der Waals surface area contributed by atoms with Crippen molar-refractivity contribution in [2.45, 2.75) is 6.92 Å². The highest BCUT2D eigenvalue weighted by Gasteiger charge is 2.16. The zero-order chi connectivity index (χ0) is 19.1. The summed E-state index contributed by atoms with van der Waals surface area (Å²) in [5, 5.41) is 5.65. The second-order valence-corrected chi connectivity index (χ2v) is 6.12. The van der Waals surface area contributed by atoms with Crippen molar-refractivity contribution in [1.29, 1.82) is 0 Å². The summed E-state index contributed by atoms with van der Waals surface area (Å²) in [5.74, 6) is 0.942. The number of likely N-dealkylation sites (N-methyl/N-ethyl adjacent to an activating group) is 1. The summed E-state index contributed by atoms with van der Waals surface area (Å²) < 4.78 is 11.0. The first kappa shape index (κ1) is 18.7. The lowest BCUT2D eigenvalue weighted by Gasteiger charge is -2.21. The van der Waals surface area contributed by atoms with Crippen molar-refractivity contribution in [1.82, 2.24) is 4.90 Å². The number of hydrogen-bond acceptors (Lipinski definition) is 5. The van der Waals surface area contributed by atoms with Crippen LogP contribution in [0.2, 0.25) is 0 Å². The van der Waals surface area contributed by atoms with Gasteiger partial charge in [0.05, 0.1) is 13.1 Å². The minimum Gasteiger partial charge on any atom is -0.486 e. The molecule has 0 saturated carbocycles. The van der Waals surface area contributed by atoms with Crippen molar-refractivity contribution < 1.29 is 19.1 Å². The number of hydrogen-bond donors (Lipinski definition) is 2. The Kier molecular flexibility index (Phi) is 6.27. The van der Waals surface area contributed by atoms with Gasteiger partial charge in [0, 0.05) is 17.4 Å². The summed E-state index contributed by atoms with van der Waals surface area (Å²) in [6.45, 7) is 3.76. The van der Waals surface area contributed by atoms with E-state index < -0.39 is 0 Å². The number of anilines is 2. The Morgan fingerprint density at radius 1 is 0.889 bits per heavy atom. The van der Waals surface area contributed by atoms with Crippen LogP contribution < -0.4 is 20.1 Å². The van der Waals surface area contributed by atoms with Gasteiger partial charge in [-0.25, -0.2) is 0 Å². The lowest BCUT2D eigenvalue weighted by Crippen LogP contribution is -2.38. The Bertz CT molecular complexity index is 795.